The molecule has 0 bridgehead atoms. The third-order valence-corrected chi connectivity index (χ3v) is 5.37. The van der Waals surface area contributed by atoms with Gasteiger partial charge in [0.25, 0.3) is 5.56 Å². The zero-order chi connectivity index (χ0) is 21.2. The van der Waals surface area contributed by atoms with Gasteiger partial charge < -0.3 is 9.80 Å². The first-order chi connectivity index (χ1) is 15.2. The summed E-state index contributed by atoms with van der Waals surface area (Å²) in [6.45, 7) is 2.37. The Balaban J connectivity index is 1.25. The second kappa shape index (κ2) is 7.98. The molecule has 0 N–H and O–H groups in total. The molecule has 4 aromatic rings. The SMILES string of the molecule is O=C(Cn1cnc2ccccc2c1=O)N1CCN(c2cc(-n3cccn3)ncn2)CC1. The summed E-state index contributed by atoms with van der Waals surface area (Å²) >= 11 is 0. The van der Waals surface area contributed by atoms with Gasteiger partial charge in [-0.2, -0.15) is 5.10 Å². The molecule has 1 aromatic carbocycles. The zero-order valence-corrected chi connectivity index (χ0v) is 16.7. The number of amides is 1. The Morgan fingerprint density at radius 2 is 1.77 bits per heavy atom. The van der Waals surface area contributed by atoms with Crippen molar-refractivity contribution in [2.75, 3.05) is 31.1 Å². The van der Waals surface area contributed by atoms with Crippen LogP contribution in [0.2, 0.25) is 0 Å². The average molecular weight is 416 g/mol. The van der Waals surface area contributed by atoms with Gasteiger partial charge in [0.15, 0.2) is 5.82 Å². The Morgan fingerprint density at radius 1 is 0.968 bits per heavy atom. The molecule has 0 spiro atoms. The smallest absolute Gasteiger partial charge is 0.261 e. The largest absolute Gasteiger partial charge is 0.353 e. The van der Waals surface area contributed by atoms with E-state index in [1.54, 1.807) is 34.0 Å². The minimum Gasteiger partial charge on any atom is -0.353 e. The van der Waals surface area contributed by atoms with Crippen LogP contribution in [0.5, 0.6) is 0 Å². The average Bonchev–Trinajstić information content (AvgIpc) is 3.36. The lowest BCUT2D eigenvalue weighted by Crippen LogP contribution is -2.50. The maximum absolute atomic E-state index is 12.8. The van der Waals surface area contributed by atoms with Crippen LogP contribution >= 0.6 is 0 Å². The number of hydrogen-bond acceptors (Lipinski definition) is 7. The van der Waals surface area contributed by atoms with E-state index in [0.717, 1.165) is 5.82 Å². The van der Waals surface area contributed by atoms with Crippen molar-refractivity contribution in [2.24, 2.45) is 0 Å². The first-order valence-corrected chi connectivity index (χ1v) is 9.98. The van der Waals surface area contributed by atoms with Crippen molar-refractivity contribution in [1.29, 1.82) is 0 Å². The van der Waals surface area contributed by atoms with E-state index in [9.17, 15) is 9.59 Å². The quantitative estimate of drug-likeness (QED) is 0.483. The van der Waals surface area contributed by atoms with Gasteiger partial charge in [-0.3, -0.25) is 14.2 Å². The third kappa shape index (κ3) is 3.75. The highest BCUT2D eigenvalue weighted by molar-refractivity contribution is 5.79. The van der Waals surface area contributed by atoms with Gasteiger partial charge in [0, 0.05) is 44.6 Å². The molecule has 10 heteroatoms. The molecule has 1 aliphatic heterocycles. The Morgan fingerprint density at radius 3 is 2.58 bits per heavy atom. The molecule has 3 aromatic heterocycles. The molecule has 0 atom stereocenters. The lowest BCUT2D eigenvalue weighted by Gasteiger charge is -2.35. The van der Waals surface area contributed by atoms with Gasteiger partial charge in [-0.15, -0.1) is 0 Å². The zero-order valence-electron chi connectivity index (χ0n) is 16.7. The number of aromatic nitrogens is 6. The summed E-state index contributed by atoms with van der Waals surface area (Å²) in [5.74, 6) is 1.39. The van der Waals surface area contributed by atoms with E-state index in [1.165, 1.54) is 17.2 Å². The highest BCUT2D eigenvalue weighted by Gasteiger charge is 2.23. The second-order valence-corrected chi connectivity index (χ2v) is 7.25. The number of carbonyl (C=O) groups is 1. The molecule has 0 saturated carbocycles. The van der Waals surface area contributed by atoms with E-state index < -0.39 is 0 Å². The fourth-order valence-electron chi connectivity index (χ4n) is 3.69. The molecular formula is C21H20N8O2. The van der Waals surface area contributed by atoms with Gasteiger partial charge in [-0.05, 0) is 18.2 Å². The van der Waals surface area contributed by atoms with Crippen LogP contribution in [0.1, 0.15) is 0 Å². The van der Waals surface area contributed by atoms with Crippen molar-refractivity contribution >= 4 is 22.6 Å². The van der Waals surface area contributed by atoms with Gasteiger partial charge in [-0.1, -0.05) is 12.1 Å². The molecule has 31 heavy (non-hydrogen) atoms. The van der Waals surface area contributed by atoms with Crippen molar-refractivity contribution in [2.45, 2.75) is 6.54 Å². The van der Waals surface area contributed by atoms with E-state index in [-0.39, 0.29) is 18.0 Å². The first-order valence-electron chi connectivity index (χ1n) is 9.98. The lowest BCUT2D eigenvalue weighted by atomic mass is 10.2. The number of hydrogen-bond donors (Lipinski definition) is 0. The standard InChI is InChI=1S/C21H20N8O2/c30-20(13-28-15-24-17-5-2-1-4-16(17)21(28)31)27-10-8-26(9-11-27)18-12-19(23-14-22-18)29-7-3-6-25-29/h1-7,12,14-15H,8-11,13H2. The number of piperazine rings is 1. The molecule has 10 nitrogen and oxygen atoms in total. The summed E-state index contributed by atoms with van der Waals surface area (Å²) in [6, 6.07) is 10.9. The van der Waals surface area contributed by atoms with Gasteiger partial charge in [-0.25, -0.2) is 19.6 Å². The van der Waals surface area contributed by atoms with Crippen molar-refractivity contribution in [3.05, 3.63) is 71.8 Å². The number of nitrogens with zero attached hydrogens (tertiary/aromatic N) is 8. The van der Waals surface area contributed by atoms with E-state index in [2.05, 4.69) is 25.0 Å². The van der Waals surface area contributed by atoms with Crippen LogP contribution in [-0.4, -0.2) is 66.3 Å². The third-order valence-electron chi connectivity index (χ3n) is 5.37. The van der Waals surface area contributed by atoms with E-state index in [1.807, 2.05) is 24.4 Å². The molecule has 0 radical (unpaired) electrons. The highest BCUT2D eigenvalue weighted by atomic mass is 16.2. The number of rotatable bonds is 4. The number of para-hydroxylation sites is 1. The Kier molecular flexibility index (Phi) is 4.87. The van der Waals surface area contributed by atoms with Crippen LogP contribution in [0.3, 0.4) is 0 Å². The Hall–Kier alpha value is -4.08. The summed E-state index contributed by atoms with van der Waals surface area (Å²) in [5.41, 5.74) is 0.425. The van der Waals surface area contributed by atoms with Crippen LogP contribution in [0.25, 0.3) is 16.7 Å². The molecule has 0 unspecified atom stereocenters. The van der Waals surface area contributed by atoms with Crippen LogP contribution in [0.4, 0.5) is 5.82 Å². The Bertz CT molecular complexity index is 1280. The fraction of sp³-hybridized carbons (Fsp3) is 0.238. The van der Waals surface area contributed by atoms with Crippen LogP contribution in [0, 0.1) is 0 Å². The fourth-order valence-corrected chi connectivity index (χ4v) is 3.69. The van der Waals surface area contributed by atoms with E-state index in [0.29, 0.717) is 42.9 Å². The molecule has 1 fully saturated rings. The normalized spacial score (nSPS) is 14.2. The van der Waals surface area contributed by atoms with Crippen LogP contribution in [-0.2, 0) is 11.3 Å². The molecule has 1 aliphatic rings. The van der Waals surface area contributed by atoms with Gasteiger partial charge >= 0.3 is 0 Å². The highest BCUT2D eigenvalue weighted by Crippen LogP contribution is 2.16. The number of fused-ring (bicyclic) bond motifs is 1. The van der Waals surface area contributed by atoms with E-state index >= 15 is 0 Å². The van der Waals surface area contributed by atoms with Crippen molar-refractivity contribution < 1.29 is 4.79 Å². The monoisotopic (exact) mass is 416 g/mol. The summed E-state index contributed by atoms with van der Waals surface area (Å²) < 4.78 is 3.05. The Labute approximate surface area is 177 Å². The molecule has 156 valence electrons. The molecule has 1 amide bonds. The van der Waals surface area contributed by atoms with Crippen molar-refractivity contribution in [3.63, 3.8) is 0 Å². The topological polar surface area (TPSA) is 102 Å². The maximum Gasteiger partial charge on any atom is 0.261 e. The predicted molar refractivity (Wildman–Crippen MR) is 114 cm³/mol. The first kappa shape index (κ1) is 18.9. The number of anilines is 1. The molecule has 5 rings (SSSR count). The summed E-state index contributed by atoms with van der Waals surface area (Å²) in [4.78, 5) is 42.2. The van der Waals surface area contributed by atoms with Crippen molar-refractivity contribution in [1.82, 2.24) is 34.2 Å². The summed E-state index contributed by atoms with van der Waals surface area (Å²) in [7, 11) is 0. The van der Waals surface area contributed by atoms with Gasteiger partial charge in [0.2, 0.25) is 5.91 Å². The maximum atomic E-state index is 12.8. The van der Waals surface area contributed by atoms with Gasteiger partial charge in [0.05, 0.1) is 17.2 Å². The molecule has 4 heterocycles. The minimum absolute atomic E-state index is 0.0202. The predicted octanol–water partition coefficient (Wildman–Crippen LogP) is 0.721. The van der Waals surface area contributed by atoms with E-state index in [4.69, 9.17) is 0 Å². The lowest BCUT2D eigenvalue weighted by molar-refractivity contribution is -0.132. The number of carbonyl (C=O) groups excluding carboxylic acids is 1. The van der Waals surface area contributed by atoms with Gasteiger partial charge in [0.1, 0.15) is 18.7 Å². The number of benzene rings is 1. The second-order valence-electron chi connectivity index (χ2n) is 7.25. The minimum atomic E-state index is -0.204. The van der Waals surface area contributed by atoms with Crippen molar-refractivity contribution in [3.8, 4) is 5.82 Å². The molecule has 0 aliphatic carbocycles. The summed E-state index contributed by atoms with van der Waals surface area (Å²) in [5, 5.41) is 4.71. The summed E-state index contributed by atoms with van der Waals surface area (Å²) in [6.07, 6.45) is 6.48. The molecular weight excluding hydrogens is 396 g/mol. The van der Waals surface area contributed by atoms with Crippen LogP contribution in [0.15, 0.2) is 66.2 Å². The van der Waals surface area contributed by atoms with Crippen LogP contribution < -0.4 is 10.5 Å². The molecule has 1 saturated heterocycles.